The first-order valence-corrected chi connectivity index (χ1v) is 11.2. The van der Waals surface area contributed by atoms with Crippen molar-refractivity contribution < 1.29 is 33.6 Å². The number of hydrogen-bond acceptors (Lipinski definition) is 8. The predicted molar refractivity (Wildman–Crippen MR) is 130 cm³/mol. The zero-order valence-electron chi connectivity index (χ0n) is 19.4. The summed E-state index contributed by atoms with van der Waals surface area (Å²) in [7, 11) is 4.42. The van der Waals surface area contributed by atoms with E-state index in [1.54, 1.807) is 31.2 Å². The summed E-state index contributed by atoms with van der Waals surface area (Å²) in [4.78, 5) is 24.5. The number of rotatable bonds is 12. The molecule has 0 unspecified atom stereocenters. The summed E-state index contributed by atoms with van der Waals surface area (Å²) in [5, 5.41) is 16.6. The highest BCUT2D eigenvalue weighted by atomic mass is 79.9. The lowest BCUT2D eigenvalue weighted by atomic mass is 10.1. The molecule has 0 radical (unpaired) electrons. The maximum Gasteiger partial charge on any atom is 0.251 e. The van der Waals surface area contributed by atoms with Crippen molar-refractivity contribution in [2.24, 2.45) is 5.10 Å². The van der Waals surface area contributed by atoms with Gasteiger partial charge >= 0.3 is 0 Å². The van der Waals surface area contributed by atoms with Crippen LogP contribution in [0.2, 0.25) is 0 Å². The summed E-state index contributed by atoms with van der Waals surface area (Å²) in [6.45, 7) is 2.49. The molecule has 2 aromatic rings. The summed E-state index contributed by atoms with van der Waals surface area (Å²) in [6.07, 6.45) is 2.02. The molecule has 2 aromatic carbocycles. The third kappa shape index (κ3) is 7.27. The van der Waals surface area contributed by atoms with Crippen LogP contribution in [0.25, 0.3) is 0 Å². The smallest absolute Gasteiger partial charge is 0.251 e. The van der Waals surface area contributed by atoms with Crippen molar-refractivity contribution in [1.82, 2.24) is 10.7 Å². The molecule has 0 aliphatic heterocycles. The number of hydrogen-bond donors (Lipinski definition) is 3. The second-order valence-electron chi connectivity index (χ2n) is 6.85. The van der Waals surface area contributed by atoms with E-state index in [9.17, 15) is 14.7 Å². The summed E-state index contributed by atoms with van der Waals surface area (Å²) >= 11 is 3.25. The van der Waals surface area contributed by atoms with Gasteiger partial charge in [-0.05, 0) is 59.1 Å². The van der Waals surface area contributed by atoms with Crippen LogP contribution in [0.3, 0.4) is 0 Å². The van der Waals surface area contributed by atoms with Crippen molar-refractivity contribution in [3.8, 4) is 28.7 Å². The average Bonchev–Trinajstić information content (AvgIpc) is 2.83. The van der Waals surface area contributed by atoms with Crippen LogP contribution >= 0.6 is 15.9 Å². The van der Waals surface area contributed by atoms with Crippen molar-refractivity contribution in [2.45, 2.75) is 19.8 Å². The molecular formula is C23H28BrN3O7. The average molecular weight is 538 g/mol. The fourth-order valence-electron chi connectivity index (χ4n) is 2.93. The molecule has 0 spiro atoms. The van der Waals surface area contributed by atoms with Gasteiger partial charge in [0.25, 0.3) is 5.91 Å². The van der Waals surface area contributed by atoms with E-state index in [0.29, 0.717) is 51.6 Å². The molecule has 0 aliphatic rings. The molecule has 0 saturated carbocycles. The Balaban J connectivity index is 1.83. The third-order valence-corrected chi connectivity index (χ3v) is 5.15. The van der Waals surface area contributed by atoms with Gasteiger partial charge in [-0.3, -0.25) is 9.59 Å². The van der Waals surface area contributed by atoms with E-state index in [1.165, 1.54) is 27.5 Å². The molecule has 0 aromatic heterocycles. The van der Waals surface area contributed by atoms with Crippen molar-refractivity contribution in [2.75, 3.05) is 34.5 Å². The van der Waals surface area contributed by atoms with Crippen LogP contribution in [0.15, 0.2) is 33.8 Å². The van der Waals surface area contributed by atoms with Crippen molar-refractivity contribution in [3.05, 3.63) is 39.9 Å². The van der Waals surface area contributed by atoms with Crippen LogP contribution < -0.4 is 29.7 Å². The molecule has 0 fully saturated rings. The molecule has 3 N–H and O–H groups in total. The normalized spacial score (nSPS) is 10.6. The highest BCUT2D eigenvalue weighted by Crippen LogP contribution is 2.38. The molecule has 184 valence electrons. The fraction of sp³-hybridized carbons (Fsp3) is 0.348. The number of carbonyl (C=O) groups is 2. The summed E-state index contributed by atoms with van der Waals surface area (Å²) in [6, 6.07) is 6.36. The van der Waals surface area contributed by atoms with Gasteiger partial charge in [0.1, 0.15) is 0 Å². The van der Waals surface area contributed by atoms with E-state index in [-0.39, 0.29) is 30.5 Å². The molecule has 11 heteroatoms. The first kappa shape index (κ1) is 26.8. The number of ether oxygens (including phenoxy) is 4. The van der Waals surface area contributed by atoms with Crippen LogP contribution in [0, 0.1) is 0 Å². The first-order valence-electron chi connectivity index (χ1n) is 10.4. The highest BCUT2D eigenvalue weighted by Gasteiger charge is 2.17. The molecule has 0 bridgehead atoms. The van der Waals surface area contributed by atoms with Crippen LogP contribution in [0.1, 0.15) is 35.7 Å². The Bertz CT molecular complexity index is 1020. The molecule has 2 amide bonds. The zero-order chi connectivity index (χ0) is 25.1. The van der Waals surface area contributed by atoms with Gasteiger partial charge in [-0.2, -0.15) is 5.10 Å². The van der Waals surface area contributed by atoms with E-state index in [2.05, 4.69) is 31.8 Å². The number of phenols is 1. The zero-order valence-corrected chi connectivity index (χ0v) is 21.0. The van der Waals surface area contributed by atoms with Gasteiger partial charge in [0.05, 0.1) is 38.6 Å². The number of aromatic hydroxyl groups is 1. The predicted octanol–water partition coefficient (Wildman–Crippen LogP) is 3.24. The minimum absolute atomic E-state index is 0.00314. The number of nitrogens with zero attached hydrogens (tertiary/aromatic N) is 1. The Labute approximate surface area is 206 Å². The highest BCUT2D eigenvalue weighted by molar-refractivity contribution is 9.10. The monoisotopic (exact) mass is 537 g/mol. The lowest BCUT2D eigenvalue weighted by Crippen LogP contribution is -2.26. The molecule has 0 aliphatic carbocycles. The third-order valence-electron chi connectivity index (χ3n) is 4.55. The number of carbonyl (C=O) groups excluding carboxylic acids is 2. The number of nitrogens with one attached hydrogen (secondary N) is 2. The minimum Gasteiger partial charge on any atom is -0.503 e. The number of phenolic OH excluding ortho intramolecular Hbond substituents is 1. The van der Waals surface area contributed by atoms with Crippen molar-refractivity contribution in [1.29, 1.82) is 0 Å². The van der Waals surface area contributed by atoms with E-state index in [1.807, 2.05) is 0 Å². The van der Waals surface area contributed by atoms with Gasteiger partial charge in [0, 0.05) is 18.5 Å². The molecular weight excluding hydrogens is 510 g/mol. The molecule has 0 atom stereocenters. The first-order chi connectivity index (χ1) is 16.3. The number of hydrazone groups is 1. The molecule has 2 rings (SSSR count). The maximum absolute atomic E-state index is 12.5. The van der Waals surface area contributed by atoms with Crippen LogP contribution in [0.4, 0.5) is 0 Å². The Morgan fingerprint density at radius 3 is 2.32 bits per heavy atom. The van der Waals surface area contributed by atoms with Gasteiger partial charge in [-0.15, -0.1) is 0 Å². The Kier molecular flexibility index (Phi) is 10.5. The number of halogens is 1. The van der Waals surface area contributed by atoms with Crippen molar-refractivity contribution in [3.63, 3.8) is 0 Å². The lowest BCUT2D eigenvalue weighted by Gasteiger charge is -2.14. The second-order valence-corrected chi connectivity index (χ2v) is 7.70. The van der Waals surface area contributed by atoms with E-state index >= 15 is 0 Å². The fourth-order valence-corrected chi connectivity index (χ4v) is 3.39. The Morgan fingerprint density at radius 2 is 1.74 bits per heavy atom. The van der Waals surface area contributed by atoms with E-state index in [4.69, 9.17) is 18.9 Å². The summed E-state index contributed by atoms with van der Waals surface area (Å²) in [5.41, 5.74) is 3.40. The molecule has 0 heterocycles. The van der Waals surface area contributed by atoms with E-state index in [0.717, 1.165) is 0 Å². The van der Waals surface area contributed by atoms with Gasteiger partial charge in [-0.25, -0.2) is 5.43 Å². The van der Waals surface area contributed by atoms with E-state index < -0.39 is 0 Å². The maximum atomic E-state index is 12.5. The van der Waals surface area contributed by atoms with Gasteiger partial charge < -0.3 is 29.4 Å². The van der Waals surface area contributed by atoms with Gasteiger partial charge in [0.2, 0.25) is 11.7 Å². The Morgan fingerprint density at radius 1 is 1.06 bits per heavy atom. The molecule has 10 nitrogen and oxygen atoms in total. The van der Waals surface area contributed by atoms with Crippen LogP contribution in [-0.2, 0) is 4.79 Å². The topological polar surface area (TPSA) is 128 Å². The number of methoxy groups -OCH3 is 3. The van der Waals surface area contributed by atoms with Crippen LogP contribution in [-0.4, -0.2) is 57.6 Å². The standard InChI is InChI=1S/C23H28BrN3O7/c1-5-34-17-10-14(9-16(24)21(17)29)13-26-27-20(28)7-6-8-25-23(30)15-11-18(31-2)22(33-4)19(12-15)32-3/h9-13,29H,5-8H2,1-4H3,(H,25,30)(H,27,28)/b26-13+. The quantitative estimate of drug-likeness (QED) is 0.215. The minimum atomic E-state index is -0.333. The van der Waals surface area contributed by atoms with Crippen LogP contribution in [0.5, 0.6) is 28.7 Å². The summed E-state index contributed by atoms with van der Waals surface area (Å²) < 4.78 is 21.6. The molecule has 34 heavy (non-hydrogen) atoms. The van der Waals surface area contributed by atoms with Gasteiger partial charge in [0.15, 0.2) is 23.0 Å². The number of amides is 2. The number of benzene rings is 2. The molecule has 0 saturated heterocycles. The Hall–Kier alpha value is -3.47. The van der Waals surface area contributed by atoms with Crippen molar-refractivity contribution >= 4 is 34.0 Å². The SMILES string of the molecule is CCOc1cc(/C=N/NC(=O)CCCNC(=O)c2cc(OC)c(OC)c(OC)c2)cc(Br)c1O. The lowest BCUT2D eigenvalue weighted by molar-refractivity contribution is -0.121. The summed E-state index contributed by atoms with van der Waals surface area (Å²) in [5.74, 6) is 0.815. The second kappa shape index (κ2) is 13.3. The largest absolute Gasteiger partial charge is 0.503 e. The van der Waals surface area contributed by atoms with Gasteiger partial charge in [-0.1, -0.05) is 0 Å².